The summed E-state index contributed by atoms with van der Waals surface area (Å²) in [6, 6.07) is 0. The second-order valence-corrected chi connectivity index (χ2v) is 3.33. The number of rotatable bonds is 2. The molecule has 2 atom stereocenters. The molecule has 0 amide bonds. The molecule has 2 heteroatoms. The van der Waals surface area contributed by atoms with Crippen molar-refractivity contribution in [1.29, 1.82) is 0 Å². The summed E-state index contributed by atoms with van der Waals surface area (Å²) >= 11 is 1.63. The van der Waals surface area contributed by atoms with Gasteiger partial charge in [0.1, 0.15) is 0 Å². The van der Waals surface area contributed by atoms with E-state index in [2.05, 4.69) is 6.92 Å². The van der Waals surface area contributed by atoms with Crippen LogP contribution in [0.4, 0.5) is 0 Å². The minimum atomic E-state index is 0.358. The van der Waals surface area contributed by atoms with E-state index in [-0.39, 0.29) is 0 Å². The minimum absolute atomic E-state index is 0.358. The zero-order valence-electron chi connectivity index (χ0n) is 4.02. The Bertz CT molecular complexity index is 26.7. The molecule has 0 aliphatic carbocycles. The van der Waals surface area contributed by atoms with Gasteiger partial charge in [-0.1, -0.05) is 0 Å². The number of aliphatic hydroxyl groups is 1. The molecule has 0 rings (SSSR count). The molecule has 1 nitrogen and oxygen atoms in total. The normalized spacial score (nSPS) is 14.5. The van der Waals surface area contributed by atoms with Crippen molar-refractivity contribution in [3.8, 4) is 0 Å². The molecule has 6 heavy (non-hydrogen) atoms. The topological polar surface area (TPSA) is 20.2 Å². The Hall–Kier alpha value is 0.518. The van der Waals surface area contributed by atoms with Crippen molar-refractivity contribution in [2.24, 2.45) is 0 Å². The molecule has 0 bridgehead atoms. The molecule has 0 saturated carbocycles. The molecule has 0 aromatic heterocycles. The Morgan fingerprint density at radius 2 is 2.33 bits per heavy atom. The van der Waals surface area contributed by atoms with Gasteiger partial charge in [0.25, 0.3) is 0 Å². The van der Waals surface area contributed by atoms with Gasteiger partial charge >= 0.3 is 46.6 Å². The third kappa shape index (κ3) is 2.74. The van der Waals surface area contributed by atoms with Crippen LogP contribution in [0, 0.1) is 0 Å². The second kappa shape index (κ2) is 3.70. The molecule has 1 N–H and O–H groups in total. The SMILES string of the molecule is CCC([AsH2])CO. The summed E-state index contributed by atoms with van der Waals surface area (Å²) < 4.78 is 0.553. The summed E-state index contributed by atoms with van der Waals surface area (Å²) in [6.45, 7) is 2.44. The summed E-state index contributed by atoms with van der Waals surface area (Å²) in [5, 5.41) is 8.35. The monoisotopic (exact) mass is 150 g/mol. The van der Waals surface area contributed by atoms with E-state index in [0.717, 1.165) is 6.42 Å². The van der Waals surface area contributed by atoms with E-state index in [9.17, 15) is 0 Å². The molecule has 0 saturated heterocycles. The van der Waals surface area contributed by atoms with Gasteiger partial charge in [0.2, 0.25) is 0 Å². The molecule has 2 unspecified atom stereocenters. The summed E-state index contributed by atoms with van der Waals surface area (Å²) in [5.41, 5.74) is 0. The molecule has 38 valence electrons. The van der Waals surface area contributed by atoms with Gasteiger partial charge < -0.3 is 0 Å². The van der Waals surface area contributed by atoms with E-state index < -0.39 is 0 Å². The Kier molecular flexibility index (Phi) is 4.02. The Balaban J connectivity index is 2.75. The van der Waals surface area contributed by atoms with E-state index >= 15 is 0 Å². The predicted molar refractivity (Wildman–Crippen MR) is 29.7 cm³/mol. The maximum absolute atomic E-state index is 8.35. The fourth-order valence-corrected chi connectivity index (χ4v) is 0.129. The molecule has 0 aromatic rings. The summed E-state index contributed by atoms with van der Waals surface area (Å²) in [6.07, 6.45) is 1.11. The van der Waals surface area contributed by atoms with Crippen molar-refractivity contribution in [1.82, 2.24) is 0 Å². The van der Waals surface area contributed by atoms with Gasteiger partial charge in [-0.15, -0.1) is 0 Å². The first-order valence-corrected chi connectivity index (χ1v) is 3.57. The van der Waals surface area contributed by atoms with E-state index in [1.807, 2.05) is 0 Å². The van der Waals surface area contributed by atoms with Crippen molar-refractivity contribution in [3.63, 3.8) is 0 Å². The number of aliphatic hydroxyl groups excluding tert-OH is 1. The van der Waals surface area contributed by atoms with E-state index in [1.54, 1.807) is 16.9 Å². The molecule has 0 spiro atoms. The second-order valence-electron chi connectivity index (χ2n) is 1.35. The Morgan fingerprint density at radius 1 is 1.83 bits per heavy atom. The van der Waals surface area contributed by atoms with Crippen LogP contribution < -0.4 is 0 Å². The van der Waals surface area contributed by atoms with Gasteiger partial charge in [0.05, 0.1) is 0 Å². The van der Waals surface area contributed by atoms with Crippen LogP contribution in [-0.2, 0) is 0 Å². The van der Waals surface area contributed by atoms with E-state index in [0.29, 0.717) is 11.3 Å². The van der Waals surface area contributed by atoms with Gasteiger partial charge in [-0.2, -0.15) is 0 Å². The molecular weight excluding hydrogens is 139 g/mol. The van der Waals surface area contributed by atoms with Crippen LogP contribution >= 0.6 is 0 Å². The van der Waals surface area contributed by atoms with Crippen molar-refractivity contribution >= 4 is 16.9 Å². The fraction of sp³-hybridized carbons (Fsp3) is 1.00. The van der Waals surface area contributed by atoms with Crippen LogP contribution in [0.3, 0.4) is 0 Å². The molecule has 0 aliphatic heterocycles. The van der Waals surface area contributed by atoms with Gasteiger partial charge in [-0.25, -0.2) is 0 Å². The standard InChI is InChI=1S/C4H11AsO/c1-2-4(5)3-6/h4,6H,2-3,5H2,1H3. The van der Waals surface area contributed by atoms with Crippen LogP contribution in [0.15, 0.2) is 0 Å². The Labute approximate surface area is 47.2 Å². The first-order chi connectivity index (χ1) is 2.81. The van der Waals surface area contributed by atoms with Crippen LogP contribution in [0.5, 0.6) is 0 Å². The number of hydrogen-bond acceptors (Lipinski definition) is 1. The summed E-state index contributed by atoms with van der Waals surface area (Å²) in [5.74, 6) is 0. The van der Waals surface area contributed by atoms with Crippen LogP contribution in [0.25, 0.3) is 0 Å². The first kappa shape index (κ1) is 6.52. The zero-order valence-corrected chi connectivity index (χ0v) is 6.44. The fourth-order valence-electron chi connectivity index (χ4n) is 0.129. The van der Waals surface area contributed by atoms with Crippen molar-refractivity contribution in [2.45, 2.75) is 18.1 Å². The van der Waals surface area contributed by atoms with Gasteiger partial charge in [0, 0.05) is 0 Å². The molecule has 0 heterocycles. The van der Waals surface area contributed by atoms with Gasteiger partial charge in [-0.3, -0.25) is 0 Å². The quantitative estimate of drug-likeness (QED) is 0.541. The summed E-state index contributed by atoms with van der Waals surface area (Å²) in [7, 11) is 0. The van der Waals surface area contributed by atoms with Crippen molar-refractivity contribution in [2.75, 3.05) is 6.61 Å². The third-order valence-corrected chi connectivity index (χ3v) is 2.19. The molecular formula is C4H11AsO. The van der Waals surface area contributed by atoms with Crippen LogP contribution in [0.1, 0.15) is 13.3 Å². The predicted octanol–water partition coefficient (Wildman–Crippen LogP) is -0.190. The average Bonchev–Trinajstić information content (AvgIpc) is 1.65. The first-order valence-electron chi connectivity index (χ1n) is 2.17. The molecule has 0 fully saturated rings. The molecule has 0 aliphatic rings. The van der Waals surface area contributed by atoms with E-state index in [4.69, 9.17) is 5.11 Å². The number of hydrogen-bond donors (Lipinski definition) is 1. The van der Waals surface area contributed by atoms with Gasteiger partial charge in [0.15, 0.2) is 0 Å². The van der Waals surface area contributed by atoms with Crippen molar-refractivity contribution < 1.29 is 5.11 Å². The molecule has 0 radical (unpaired) electrons. The zero-order chi connectivity index (χ0) is 4.99. The maximum atomic E-state index is 8.35. The molecule has 0 aromatic carbocycles. The van der Waals surface area contributed by atoms with Crippen molar-refractivity contribution in [3.05, 3.63) is 0 Å². The Morgan fingerprint density at radius 3 is 2.33 bits per heavy atom. The van der Waals surface area contributed by atoms with Crippen LogP contribution in [0.2, 0.25) is 4.71 Å². The summed E-state index contributed by atoms with van der Waals surface area (Å²) in [4.78, 5) is 0. The third-order valence-electron chi connectivity index (χ3n) is 0.759. The average molecular weight is 150 g/mol. The van der Waals surface area contributed by atoms with Crippen LogP contribution in [-0.4, -0.2) is 28.6 Å². The van der Waals surface area contributed by atoms with Gasteiger partial charge in [-0.05, 0) is 0 Å². The van der Waals surface area contributed by atoms with E-state index in [1.165, 1.54) is 0 Å².